The maximum Gasteiger partial charge on any atom is 0.318 e. The molecule has 2 aliphatic rings. The average Bonchev–Trinajstić information content (AvgIpc) is 2.35. The molecule has 2 rings (SSSR count). The Kier molecular flexibility index (Phi) is 4.29. The highest BCUT2D eigenvalue weighted by Gasteiger charge is 2.41. The van der Waals surface area contributed by atoms with Gasteiger partial charge >= 0.3 is 12.0 Å². The molecule has 0 radical (unpaired) electrons. The number of nitrogens with zero attached hydrogens (tertiary/aromatic N) is 1. The zero-order chi connectivity index (χ0) is 13.9. The fourth-order valence-corrected chi connectivity index (χ4v) is 2.70. The lowest BCUT2D eigenvalue weighted by molar-refractivity contribution is -0.139. The van der Waals surface area contributed by atoms with E-state index in [-0.39, 0.29) is 18.6 Å². The molecule has 6 nitrogen and oxygen atoms in total. The maximum absolute atomic E-state index is 12.2. The van der Waals surface area contributed by atoms with E-state index in [4.69, 9.17) is 9.84 Å². The first-order valence-electron chi connectivity index (χ1n) is 6.95. The number of aliphatic carboxylic acids is 1. The summed E-state index contributed by atoms with van der Waals surface area (Å²) in [5.41, 5.74) is -0.525. The fraction of sp³-hybridized carbons (Fsp3) is 0.846. The molecule has 0 aromatic rings. The van der Waals surface area contributed by atoms with Crippen LogP contribution in [-0.4, -0.2) is 53.3 Å². The first-order chi connectivity index (χ1) is 9.04. The van der Waals surface area contributed by atoms with Gasteiger partial charge in [0, 0.05) is 13.1 Å². The van der Waals surface area contributed by atoms with E-state index < -0.39 is 11.5 Å². The van der Waals surface area contributed by atoms with Crippen LogP contribution in [-0.2, 0) is 9.53 Å². The predicted octanol–water partition coefficient (Wildman–Crippen LogP) is 1.20. The first kappa shape index (κ1) is 14.1. The molecule has 0 aromatic heterocycles. The summed E-state index contributed by atoms with van der Waals surface area (Å²) in [4.78, 5) is 24.8. The van der Waals surface area contributed by atoms with E-state index in [2.05, 4.69) is 5.32 Å². The minimum Gasteiger partial charge on any atom is -0.481 e. The van der Waals surface area contributed by atoms with Gasteiger partial charge in [-0.1, -0.05) is 6.92 Å². The molecule has 2 amide bonds. The van der Waals surface area contributed by atoms with Crippen LogP contribution in [0.5, 0.6) is 0 Å². The van der Waals surface area contributed by atoms with Gasteiger partial charge in [-0.3, -0.25) is 4.79 Å². The predicted molar refractivity (Wildman–Crippen MR) is 69.0 cm³/mol. The van der Waals surface area contributed by atoms with E-state index in [0.717, 1.165) is 25.7 Å². The normalized spacial score (nSPS) is 25.5. The van der Waals surface area contributed by atoms with Gasteiger partial charge in [-0.25, -0.2) is 4.79 Å². The quantitative estimate of drug-likeness (QED) is 0.804. The van der Waals surface area contributed by atoms with E-state index in [1.807, 2.05) is 6.92 Å². The van der Waals surface area contributed by atoms with E-state index in [1.54, 1.807) is 4.90 Å². The van der Waals surface area contributed by atoms with Crippen LogP contribution >= 0.6 is 0 Å². The Balaban J connectivity index is 1.90. The molecule has 2 N–H and O–H groups in total. The van der Waals surface area contributed by atoms with Crippen LogP contribution in [0.2, 0.25) is 0 Å². The number of carboxylic acids is 1. The largest absolute Gasteiger partial charge is 0.481 e. The summed E-state index contributed by atoms with van der Waals surface area (Å²) in [7, 11) is 0. The van der Waals surface area contributed by atoms with Crippen LogP contribution in [0.1, 0.15) is 39.0 Å². The van der Waals surface area contributed by atoms with Gasteiger partial charge in [-0.15, -0.1) is 0 Å². The third-order valence-corrected chi connectivity index (χ3v) is 4.05. The van der Waals surface area contributed by atoms with Crippen LogP contribution in [0.25, 0.3) is 0 Å². The van der Waals surface area contributed by atoms with Crippen molar-refractivity contribution in [2.45, 2.75) is 50.7 Å². The van der Waals surface area contributed by atoms with Gasteiger partial charge in [0.2, 0.25) is 0 Å². The second kappa shape index (κ2) is 5.77. The minimum absolute atomic E-state index is 0.0142. The summed E-state index contributed by atoms with van der Waals surface area (Å²) < 4.78 is 5.53. The highest BCUT2D eigenvalue weighted by atomic mass is 16.5. The monoisotopic (exact) mass is 270 g/mol. The van der Waals surface area contributed by atoms with E-state index in [9.17, 15) is 9.59 Å². The zero-order valence-corrected chi connectivity index (χ0v) is 11.4. The second-order valence-corrected chi connectivity index (χ2v) is 5.48. The first-order valence-corrected chi connectivity index (χ1v) is 6.95. The molecule has 0 bridgehead atoms. The number of hydrogen-bond donors (Lipinski definition) is 2. The van der Waals surface area contributed by atoms with Crippen molar-refractivity contribution in [3.63, 3.8) is 0 Å². The molecule has 0 aromatic carbocycles. The van der Waals surface area contributed by atoms with Gasteiger partial charge in [0.25, 0.3) is 0 Å². The summed E-state index contributed by atoms with van der Waals surface area (Å²) in [5, 5.41) is 11.9. The van der Waals surface area contributed by atoms with Gasteiger partial charge in [-0.05, 0) is 25.7 Å². The lowest BCUT2D eigenvalue weighted by atomic mass is 9.74. The van der Waals surface area contributed by atoms with Gasteiger partial charge in [0.1, 0.15) is 0 Å². The van der Waals surface area contributed by atoms with Gasteiger partial charge in [0.05, 0.1) is 24.7 Å². The summed E-state index contributed by atoms with van der Waals surface area (Å²) >= 11 is 0. The van der Waals surface area contributed by atoms with E-state index in [0.29, 0.717) is 19.7 Å². The number of carbonyl (C=O) groups excluding carboxylic acids is 1. The minimum atomic E-state index is -0.853. The van der Waals surface area contributed by atoms with Crippen molar-refractivity contribution in [1.29, 1.82) is 0 Å². The third-order valence-electron chi connectivity index (χ3n) is 4.05. The van der Waals surface area contributed by atoms with Crippen LogP contribution < -0.4 is 5.32 Å². The molecule has 108 valence electrons. The summed E-state index contributed by atoms with van der Waals surface area (Å²) in [6, 6.07) is -0.150. The van der Waals surface area contributed by atoms with Crippen molar-refractivity contribution in [1.82, 2.24) is 10.2 Å². The van der Waals surface area contributed by atoms with Crippen LogP contribution in [0.4, 0.5) is 4.79 Å². The Morgan fingerprint density at radius 1 is 1.47 bits per heavy atom. The SMILES string of the molecule is CCC1CN(C(=O)NC2(CC(=O)O)CCC2)CCO1. The number of rotatable bonds is 4. The zero-order valence-electron chi connectivity index (χ0n) is 11.4. The number of hydrogen-bond acceptors (Lipinski definition) is 3. The number of carbonyl (C=O) groups is 2. The highest BCUT2D eigenvalue weighted by molar-refractivity contribution is 5.77. The Hall–Kier alpha value is -1.30. The molecule has 1 aliphatic heterocycles. The average molecular weight is 270 g/mol. The summed E-state index contributed by atoms with van der Waals surface area (Å²) in [6.07, 6.45) is 3.48. The standard InChI is InChI=1S/C13H22N2O4/c1-2-10-9-15(6-7-19-10)12(18)14-13(4-3-5-13)8-11(16)17/h10H,2-9H2,1H3,(H,14,18)(H,16,17). The molecule has 1 aliphatic carbocycles. The van der Waals surface area contributed by atoms with Crippen molar-refractivity contribution in [3.05, 3.63) is 0 Å². The van der Waals surface area contributed by atoms with E-state index in [1.165, 1.54) is 0 Å². The van der Waals surface area contributed by atoms with Crippen molar-refractivity contribution in [3.8, 4) is 0 Å². The van der Waals surface area contributed by atoms with Gasteiger partial charge in [0.15, 0.2) is 0 Å². The number of urea groups is 1. The summed E-state index contributed by atoms with van der Waals surface area (Å²) in [6.45, 7) is 3.75. The topological polar surface area (TPSA) is 78.9 Å². The molecule has 1 saturated carbocycles. The van der Waals surface area contributed by atoms with Crippen molar-refractivity contribution >= 4 is 12.0 Å². The molecular formula is C13H22N2O4. The van der Waals surface area contributed by atoms with Crippen LogP contribution in [0, 0.1) is 0 Å². The number of morpholine rings is 1. The Morgan fingerprint density at radius 2 is 2.21 bits per heavy atom. The molecule has 1 heterocycles. The van der Waals surface area contributed by atoms with Crippen LogP contribution in [0.15, 0.2) is 0 Å². The Labute approximate surface area is 113 Å². The van der Waals surface area contributed by atoms with Crippen molar-refractivity contribution in [2.75, 3.05) is 19.7 Å². The lowest BCUT2D eigenvalue weighted by Gasteiger charge is -2.43. The third kappa shape index (κ3) is 3.37. The number of ether oxygens (including phenoxy) is 1. The molecule has 1 atom stereocenters. The Bertz CT molecular complexity index is 355. The number of nitrogens with one attached hydrogen (secondary N) is 1. The number of carboxylic acid groups (broad SMARTS) is 1. The van der Waals surface area contributed by atoms with Gasteiger partial charge < -0.3 is 20.1 Å². The van der Waals surface area contributed by atoms with Crippen LogP contribution in [0.3, 0.4) is 0 Å². The smallest absolute Gasteiger partial charge is 0.318 e. The molecule has 2 fully saturated rings. The lowest BCUT2D eigenvalue weighted by Crippen LogP contribution is -2.60. The molecular weight excluding hydrogens is 248 g/mol. The molecule has 1 saturated heterocycles. The molecule has 6 heteroatoms. The molecule has 19 heavy (non-hydrogen) atoms. The second-order valence-electron chi connectivity index (χ2n) is 5.48. The Morgan fingerprint density at radius 3 is 2.74 bits per heavy atom. The maximum atomic E-state index is 12.2. The van der Waals surface area contributed by atoms with Gasteiger partial charge in [-0.2, -0.15) is 0 Å². The van der Waals surface area contributed by atoms with E-state index >= 15 is 0 Å². The summed E-state index contributed by atoms with van der Waals surface area (Å²) in [5.74, 6) is -0.853. The van der Waals surface area contributed by atoms with Crippen molar-refractivity contribution in [2.24, 2.45) is 0 Å². The highest BCUT2D eigenvalue weighted by Crippen LogP contribution is 2.35. The van der Waals surface area contributed by atoms with Crippen molar-refractivity contribution < 1.29 is 19.4 Å². The fourth-order valence-electron chi connectivity index (χ4n) is 2.70. The molecule has 0 spiro atoms. The number of amides is 2. The molecule has 1 unspecified atom stereocenters.